The van der Waals surface area contributed by atoms with Crippen molar-refractivity contribution in [3.05, 3.63) is 24.3 Å². The third kappa shape index (κ3) is 6.43. The van der Waals surface area contributed by atoms with Crippen molar-refractivity contribution in [1.82, 2.24) is 4.90 Å². The van der Waals surface area contributed by atoms with Crippen LogP contribution >= 0.6 is 0 Å². The maximum atomic E-state index is 5.85. The lowest BCUT2D eigenvalue weighted by molar-refractivity contribution is 0.337. The van der Waals surface area contributed by atoms with Gasteiger partial charge in [0.25, 0.3) is 0 Å². The molecule has 0 spiro atoms. The molecule has 0 saturated heterocycles. The van der Waals surface area contributed by atoms with Crippen LogP contribution in [0.15, 0.2) is 29.3 Å². The Balaban J connectivity index is 2.33. The highest BCUT2D eigenvalue weighted by molar-refractivity contribution is 5.92. The Labute approximate surface area is 121 Å². The summed E-state index contributed by atoms with van der Waals surface area (Å²) in [5.74, 6) is 1.27. The first kappa shape index (κ1) is 16.3. The zero-order valence-corrected chi connectivity index (χ0v) is 12.7. The molecule has 0 amide bonds. The van der Waals surface area contributed by atoms with Crippen LogP contribution in [0.4, 0.5) is 5.69 Å². The quantitative estimate of drug-likeness (QED) is 0.565. The van der Waals surface area contributed by atoms with Crippen LogP contribution in [0.5, 0.6) is 5.75 Å². The Kier molecular flexibility index (Phi) is 7.50. The smallest absolute Gasteiger partial charge is 0.193 e. The van der Waals surface area contributed by atoms with Crippen LogP contribution < -0.4 is 15.8 Å². The van der Waals surface area contributed by atoms with Gasteiger partial charge >= 0.3 is 0 Å². The molecule has 0 saturated carbocycles. The van der Waals surface area contributed by atoms with E-state index in [0.717, 1.165) is 24.5 Å². The van der Waals surface area contributed by atoms with Gasteiger partial charge < -0.3 is 20.7 Å². The Hall–Kier alpha value is -1.75. The Bertz CT molecular complexity index is 403. The summed E-state index contributed by atoms with van der Waals surface area (Å²) in [6, 6.07) is 7.59. The summed E-state index contributed by atoms with van der Waals surface area (Å²) in [4.78, 5) is 6.59. The van der Waals surface area contributed by atoms with Gasteiger partial charge in [-0.3, -0.25) is 4.99 Å². The van der Waals surface area contributed by atoms with Gasteiger partial charge in [0.15, 0.2) is 5.96 Å². The molecular formula is C15H26N4O. The summed E-state index contributed by atoms with van der Waals surface area (Å²) in [6.45, 7) is 4.93. The second-order valence-corrected chi connectivity index (χ2v) is 4.78. The SMILES string of the molecule is CCCCN(C)CCN=C(N)Nc1ccc(OC)cc1. The lowest BCUT2D eigenvalue weighted by atomic mass is 10.3. The van der Waals surface area contributed by atoms with Gasteiger partial charge in [0.05, 0.1) is 13.7 Å². The van der Waals surface area contributed by atoms with E-state index in [4.69, 9.17) is 10.5 Å². The summed E-state index contributed by atoms with van der Waals surface area (Å²) in [5, 5.41) is 3.06. The average Bonchev–Trinajstić information content (AvgIpc) is 2.46. The van der Waals surface area contributed by atoms with Crippen LogP contribution in [0.25, 0.3) is 0 Å². The van der Waals surface area contributed by atoms with E-state index in [9.17, 15) is 0 Å². The fourth-order valence-electron chi connectivity index (χ4n) is 1.74. The van der Waals surface area contributed by atoms with Crippen LogP contribution in [0, 0.1) is 0 Å². The third-order valence-corrected chi connectivity index (χ3v) is 3.02. The molecule has 0 aliphatic rings. The minimum atomic E-state index is 0.444. The van der Waals surface area contributed by atoms with E-state index in [1.807, 2.05) is 24.3 Å². The topological polar surface area (TPSA) is 62.9 Å². The Morgan fingerprint density at radius 2 is 2.00 bits per heavy atom. The molecule has 0 fully saturated rings. The third-order valence-electron chi connectivity index (χ3n) is 3.02. The fourth-order valence-corrected chi connectivity index (χ4v) is 1.74. The maximum Gasteiger partial charge on any atom is 0.193 e. The van der Waals surface area contributed by atoms with E-state index in [1.165, 1.54) is 12.8 Å². The number of nitrogens with two attached hydrogens (primary N) is 1. The molecular weight excluding hydrogens is 252 g/mol. The zero-order chi connectivity index (χ0) is 14.8. The lowest BCUT2D eigenvalue weighted by Crippen LogP contribution is -2.26. The molecule has 5 nitrogen and oxygen atoms in total. The average molecular weight is 278 g/mol. The van der Waals surface area contributed by atoms with Crippen molar-refractivity contribution < 1.29 is 4.74 Å². The van der Waals surface area contributed by atoms with Crippen molar-refractivity contribution in [3.8, 4) is 5.75 Å². The molecule has 0 aromatic heterocycles. The van der Waals surface area contributed by atoms with E-state index in [0.29, 0.717) is 12.5 Å². The van der Waals surface area contributed by atoms with Gasteiger partial charge in [0.2, 0.25) is 0 Å². The normalized spacial score (nSPS) is 11.7. The van der Waals surface area contributed by atoms with Crippen LogP contribution in [-0.2, 0) is 0 Å². The monoisotopic (exact) mass is 278 g/mol. The fraction of sp³-hybridized carbons (Fsp3) is 0.533. The van der Waals surface area contributed by atoms with Crippen molar-refractivity contribution in [2.45, 2.75) is 19.8 Å². The second-order valence-electron chi connectivity index (χ2n) is 4.78. The largest absolute Gasteiger partial charge is 0.497 e. The van der Waals surface area contributed by atoms with Crippen molar-refractivity contribution in [1.29, 1.82) is 0 Å². The molecule has 20 heavy (non-hydrogen) atoms. The molecule has 1 aromatic rings. The van der Waals surface area contributed by atoms with Crippen molar-refractivity contribution in [3.63, 3.8) is 0 Å². The molecule has 0 atom stereocenters. The predicted molar refractivity (Wildman–Crippen MR) is 85.5 cm³/mol. The lowest BCUT2D eigenvalue weighted by Gasteiger charge is -2.14. The maximum absolute atomic E-state index is 5.85. The first-order valence-corrected chi connectivity index (χ1v) is 7.05. The number of unbranched alkanes of at least 4 members (excludes halogenated alkanes) is 1. The highest BCUT2D eigenvalue weighted by Gasteiger charge is 1.98. The van der Waals surface area contributed by atoms with Gasteiger partial charge in [-0.15, -0.1) is 0 Å². The molecule has 5 heteroatoms. The van der Waals surface area contributed by atoms with E-state index < -0.39 is 0 Å². The first-order chi connectivity index (χ1) is 9.65. The molecule has 3 N–H and O–H groups in total. The van der Waals surface area contributed by atoms with Gasteiger partial charge in [-0.2, -0.15) is 0 Å². The Morgan fingerprint density at radius 3 is 2.60 bits per heavy atom. The van der Waals surface area contributed by atoms with Gasteiger partial charge in [-0.1, -0.05) is 13.3 Å². The number of anilines is 1. The molecule has 112 valence electrons. The zero-order valence-electron chi connectivity index (χ0n) is 12.7. The highest BCUT2D eigenvalue weighted by atomic mass is 16.5. The highest BCUT2D eigenvalue weighted by Crippen LogP contribution is 2.14. The number of nitrogens with one attached hydrogen (secondary N) is 1. The number of hydrogen-bond donors (Lipinski definition) is 2. The van der Waals surface area contributed by atoms with Crippen LogP contribution in [0.2, 0.25) is 0 Å². The summed E-state index contributed by atoms with van der Waals surface area (Å²) < 4.78 is 5.10. The van der Waals surface area contributed by atoms with Crippen LogP contribution in [-0.4, -0.2) is 44.7 Å². The minimum absolute atomic E-state index is 0.444. The second kappa shape index (κ2) is 9.20. The van der Waals surface area contributed by atoms with E-state index in [-0.39, 0.29) is 0 Å². The van der Waals surface area contributed by atoms with Crippen molar-refractivity contribution in [2.24, 2.45) is 10.7 Å². The van der Waals surface area contributed by atoms with Crippen molar-refractivity contribution in [2.75, 3.05) is 39.1 Å². The summed E-state index contributed by atoms with van der Waals surface area (Å²) in [6.07, 6.45) is 2.44. The number of methoxy groups -OCH3 is 1. The van der Waals surface area contributed by atoms with Crippen LogP contribution in [0.1, 0.15) is 19.8 Å². The van der Waals surface area contributed by atoms with Gasteiger partial charge in [0, 0.05) is 12.2 Å². The molecule has 0 bridgehead atoms. The van der Waals surface area contributed by atoms with Gasteiger partial charge in [-0.25, -0.2) is 0 Å². The molecule has 0 aliphatic heterocycles. The number of rotatable bonds is 8. The number of hydrogen-bond acceptors (Lipinski definition) is 3. The number of guanidine groups is 1. The number of benzene rings is 1. The van der Waals surface area contributed by atoms with Crippen molar-refractivity contribution >= 4 is 11.6 Å². The number of nitrogens with zero attached hydrogens (tertiary/aromatic N) is 2. The Morgan fingerprint density at radius 1 is 1.30 bits per heavy atom. The van der Waals surface area contributed by atoms with Gasteiger partial charge in [-0.05, 0) is 44.3 Å². The van der Waals surface area contributed by atoms with E-state index >= 15 is 0 Å². The summed E-state index contributed by atoms with van der Waals surface area (Å²) in [7, 11) is 3.76. The summed E-state index contributed by atoms with van der Waals surface area (Å²) in [5.41, 5.74) is 6.76. The minimum Gasteiger partial charge on any atom is -0.497 e. The first-order valence-electron chi connectivity index (χ1n) is 7.05. The van der Waals surface area contributed by atoms with Crippen LogP contribution in [0.3, 0.4) is 0 Å². The molecule has 1 rings (SSSR count). The molecule has 0 aliphatic carbocycles. The number of aliphatic imine (C=N–C) groups is 1. The molecule has 0 radical (unpaired) electrons. The number of likely N-dealkylation sites (N-methyl/N-ethyl adjacent to an activating group) is 1. The van der Waals surface area contributed by atoms with E-state index in [2.05, 4.69) is 29.2 Å². The van der Waals surface area contributed by atoms with E-state index in [1.54, 1.807) is 7.11 Å². The standard InChI is InChI=1S/C15H26N4O/c1-4-5-11-19(2)12-10-17-15(16)18-13-6-8-14(20-3)9-7-13/h6-9H,4-5,10-12H2,1-3H3,(H3,16,17,18). The molecule has 1 aromatic carbocycles. The molecule has 0 unspecified atom stereocenters. The summed E-state index contributed by atoms with van der Waals surface area (Å²) >= 11 is 0. The molecule has 0 heterocycles. The predicted octanol–water partition coefficient (Wildman–Crippen LogP) is 2.15. The van der Waals surface area contributed by atoms with Gasteiger partial charge in [0.1, 0.15) is 5.75 Å². The number of ether oxygens (including phenoxy) is 1.